The van der Waals surface area contributed by atoms with E-state index in [0.717, 1.165) is 16.9 Å². The van der Waals surface area contributed by atoms with Crippen LogP contribution in [0.1, 0.15) is 5.56 Å². The second-order valence-electron chi connectivity index (χ2n) is 5.89. The number of hydrogen-bond donors (Lipinski definition) is 2. The quantitative estimate of drug-likeness (QED) is 0.363. The van der Waals surface area contributed by atoms with E-state index in [2.05, 4.69) is 15.7 Å². The summed E-state index contributed by atoms with van der Waals surface area (Å²) in [4.78, 5) is 22.2. The van der Waals surface area contributed by atoms with E-state index in [1.54, 1.807) is 23.0 Å². The van der Waals surface area contributed by atoms with Crippen LogP contribution < -0.4 is 10.6 Å². The predicted octanol–water partition coefficient (Wildman–Crippen LogP) is 2.55. The number of non-ortho nitro benzene ring substituents is 1. The maximum atomic E-state index is 12.0. The molecule has 0 bridgehead atoms. The zero-order chi connectivity index (χ0) is 19.1. The van der Waals surface area contributed by atoms with Crippen LogP contribution in [0.4, 0.5) is 11.4 Å². The van der Waals surface area contributed by atoms with Crippen molar-refractivity contribution >= 4 is 17.3 Å². The van der Waals surface area contributed by atoms with Crippen LogP contribution in [0.5, 0.6) is 0 Å². The zero-order valence-electron chi connectivity index (χ0n) is 14.5. The van der Waals surface area contributed by atoms with Gasteiger partial charge in [0.2, 0.25) is 5.91 Å². The fourth-order valence-electron chi connectivity index (χ4n) is 2.53. The Hall–Kier alpha value is -3.68. The molecule has 0 spiro atoms. The van der Waals surface area contributed by atoms with Crippen molar-refractivity contribution in [3.63, 3.8) is 0 Å². The molecule has 0 radical (unpaired) electrons. The minimum Gasteiger partial charge on any atom is -0.383 e. The van der Waals surface area contributed by atoms with E-state index in [9.17, 15) is 14.9 Å². The number of nitro benzene ring substituents is 1. The largest absolute Gasteiger partial charge is 0.383 e. The number of rotatable bonds is 8. The van der Waals surface area contributed by atoms with Crippen molar-refractivity contribution in [1.29, 1.82) is 0 Å². The van der Waals surface area contributed by atoms with Gasteiger partial charge in [0.15, 0.2) is 0 Å². The van der Waals surface area contributed by atoms with Gasteiger partial charge in [-0.15, -0.1) is 0 Å². The molecule has 2 aromatic carbocycles. The first kappa shape index (κ1) is 18.1. The summed E-state index contributed by atoms with van der Waals surface area (Å²) < 4.78 is 1.73. The van der Waals surface area contributed by atoms with E-state index in [4.69, 9.17) is 0 Å². The molecule has 0 saturated heterocycles. The SMILES string of the molecule is O=C(Cc1cnn(-c2ccccc2)c1)NCCNc1ccc([N+](=O)[O-])cc1. The molecular weight excluding hydrogens is 346 g/mol. The number of carbonyl (C=O) groups is 1. The maximum Gasteiger partial charge on any atom is 0.269 e. The maximum absolute atomic E-state index is 12.0. The zero-order valence-corrected chi connectivity index (χ0v) is 14.5. The van der Waals surface area contributed by atoms with Crippen molar-refractivity contribution < 1.29 is 9.72 Å². The number of para-hydroxylation sites is 1. The molecule has 0 atom stereocenters. The van der Waals surface area contributed by atoms with Gasteiger partial charge in [0.05, 0.1) is 23.2 Å². The average molecular weight is 365 g/mol. The summed E-state index contributed by atoms with van der Waals surface area (Å²) >= 11 is 0. The van der Waals surface area contributed by atoms with Gasteiger partial charge in [-0.2, -0.15) is 5.10 Å². The number of nitrogens with zero attached hydrogens (tertiary/aromatic N) is 3. The Morgan fingerprint density at radius 1 is 1.07 bits per heavy atom. The molecule has 8 heteroatoms. The van der Waals surface area contributed by atoms with Crippen LogP contribution in [-0.2, 0) is 11.2 Å². The molecule has 138 valence electrons. The van der Waals surface area contributed by atoms with Crippen LogP contribution in [0.2, 0.25) is 0 Å². The lowest BCUT2D eigenvalue weighted by Crippen LogP contribution is -2.29. The first-order chi connectivity index (χ1) is 13.1. The lowest BCUT2D eigenvalue weighted by atomic mass is 10.2. The van der Waals surface area contributed by atoms with Crippen LogP contribution in [0.3, 0.4) is 0 Å². The standard InChI is InChI=1S/C19H19N5O3/c25-19(12-15-13-22-23(14-15)17-4-2-1-3-5-17)21-11-10-20-16-6-8-18(9-7-16)24(26)27/h1-9,13-14,20H,10-12H2,(H,21,25). The van der Waals surface area contributed by atoms with Crippen molar-refractivity contribution in [2.75, 3.05) is 18.4 Å². The predicted molar refractivity (Wildman–Crippen MR) is 102 cm³/mol. The Morgan fingerprint density at radius 3 is 2.52 bits per heavy atom. The molecule has 2 N–H and O–H groups in total. The summed E-state index contributed by atoms with van der Waals surface area (Å²) in [5.74, 6) is -0.0897. The highest BCUT2D eigenvalue weighted by Crippen LogP contribution is 2.14. The average Bonchev–Trinajstić information content (AvgIpc) is 3.15. The minimum atomic E-state index is -0.441. The van der Waals surface area contributed by atoms with Crippen LogP contribution >= 0.6 is 0 Å². The normalized spacial score (nSPS) is 10.4. The summed E-state index contributed by atoms with van der Waals surface area (Å²) in [6.07, 6.45) is 3.77. The molecule has 1 aromatic heterocycles. The van der Waals surface area contributed by atoms with E-state index in [-0.39, 0.29) is 18.0 Å². The van der Waals surface area contributed by atoms with Crippen molar-refractivity contribution in [2.45, 2.75) is 6.42 Å². The van der Waals surface area contributed by atoms with Crippen LogP contribution in [0.25, 0.3) is 5.69 Å². The van der Waals surface area contributed by atoms with Crippen molar-refractivity contribution in [2.24, 2.45) is 0 Å². The summed E-state index contributed by atoms with van der Waals surface area (Å²) in [5.41, 5.74) is 2.58. The number of nitro groups is 1. The Balaban J connectivity index is 1.41. The fraction of sp³-hybridized carbons (Fsp3) is 0.158. The van der Waals surface area contributed by atoms with E-state index < -0.39 is 4.92 Å². The molecule has 0 fully saturated rings. The number of amides is 1. The summed E-state index contributed by atoms with van der Waals surface area (Å²) in [7, 11) is 0. The third kappa shape index (κ3) is 5.15. The monoisotopic (exact) mass is 365 g/mol. The Labute approximate surface area is 156 Å². The lowest BCUT2D eigenvalue weighted by molar-refractivity contribution is -0.384. The van der Waals surface area contributed by atoms with Crippen LogP contribution in [0.15, 0.2) is 67.0 Å². The molecule has 0 aliphatic rings. The van der Waals surface area contributed by atoms with Gasteiger partial charge in [0, 0.05) is 37.1 Å². The number of carbonyl (C=O) groups excluding carboxylic acids is 1. The molecular formula is C19H19N5O3. The third-order valence-electron chi connectivity index (χ3n) is 3.88. The topological polar surface area (TPSA) is 102 Å². The van der Waals surface area contributed by atoms with Crippen molar-refractivity contribution in [1.82, 2.24) is 15.1 Å². The molecule has 0 aliphatic carbocycles. The molecule has 27 heavy (non-hydrogen) atoms. The van der Waals surface area contributed by atoms with Gasteiger partial charge in [-0.25, -0.2) is 4.68 Å². The molecule has 3 rings (SSSR count). The van der Waals surface area contributed by atoms with Gasteiger partial charge in [-0.05, 0) is 29.8 Å². The van der Waals surface area contributed by atoms with E-state index >= 15 is 0 Å². The van der Waals surface area contributed by atoms with Crippen molar-refractivity contribution in [3.05, 3.63) is 82.7 Å². The summed E-state index contributed by atoms with van der Waals surface area (Å²) in [6, 6.07) is 15.8. The Morgan fingerprint density at radius 2 is 1.81 bits per heavy atom. The summed E-state index contributed by atoms with van der Waals surface area (Å²) in [6.45, 7) is 0.968. The van der Waals surface area contributed by atoms with Gasteiger partial charge < -0.3 is 10.6 Å². The van der Waals surface area contributed by atoms with Crippen molar-refractivity contribution in [3.8, 4) is 5.69 Å². The highest BCUT2D eigenvalue weighted by atomic mass is 16.6. The smallest absolute Gasteiger partial charge is 0.269 e. The number of benzene rings is 2. The van der Waals surface area contributed by atoms with E-state index in [1.807, 2.05) is 36.5 Å². The van der Waals surface area contributed by atoms with Gasteiger partial charge in [0.25, 0.3) is 5.69 Å². The lowest BCUT2D eigenvalue weighted by Gasteiger charge is -2.07. The number of aromatic nitrogens is 2. The third-order valence-corrected chi connectivity index (χ3v) is 3.88. The number of hydrogen-bond acceptors (Lipinski definition) is 5. The minimum absolute atomic E-state index is 0.0462. The second-order valence-corrected chi connectivity index (χ2v) is 5.89. The Bertz CT molecular complexity index is 907. The molecule has 1 amide bonds. The van der Waals surface area contributed by atoms with E-state index in [0.29, 0.717) is 13.1 Å². The van der Waals surface area contributed by atoms with E-state index in [1.165, 1.54) is 12.1 Å². The van der Waals surface area contributed by atoms with Gasteiger partial charge in [0.1, 0.15) is 0 Å². The molecule has 8 nitrogen and oxygen atoms in total. The first-order valence-corrected chi connectivity index (χ1v) is 8.46. The summed E-state index contributed by atoms with van der Waals surface area (Å²) in [5, 5.41) is 20.8. The molecule has 0 aliphatic heterocycles. The highest BCUT2D eigenvalue weighted by molar-refractivity contribution is 5.78. The molecule has 0 saturated carbocycles. The molecule has 0 unspecified atom stereocenters. The van der Waals surface area contributed by atoms with Gasteiger partial charge in [-0.3, -0.25) is 14.9 Å². The first-order valence-electron chi connectivity index (χ1n) is 8.46. The molecule has 3 aromatic rings. The Kier molecular flexibility index (Phi) is 5.78. The van der Waals surface area contributed by atoms with Crippen LogP contribution in [-0.4, -0.2) is 33.7 Å². The van der Waals surface area contributed by atoms with Gasteiger partial charge >= 0.3 is 0 Å². The van der Waals surface area contributed by atoms with Crippen LogP contribution in [0, 0.1) is 10.1 Å². The highest BCUT2D eigenvalue weighted by Gasteiger charge is 2.07. The number of anilines is 1. The van der Waals surface area contributed by atoms with Gasteiger partial charge in [-0.1, -0.05) is 18.2 Å². The molecule has 1 heterocycles. The fourth-order valence-corrected chi connectivity index (χ4v) is 2.53. The number of nitrogens with one attached hydrogen (secondary N) is 2. The second kappa shape index (κ2) is 8.61.